The fraction of sp³-hybridized carbons (Fsp3) is 0.364. The summed E-state index contributed by atoms with van der Waals surface area (Å²) in [5, 5.41) is 0. The van der Waals surface area contributed by atoms with Gasteiger partial charge in [-0.05, 0) is 36.8 Å². The Balaban J connectivity index is 1.79. The highest BCUT2D eigenvalue weighted by atomic mass is 32.1. The Labute approximate surface area is 169 Å². The highest BCUT2D eigenvalue weighted by molar-refractivity contribution is 7.16. The van der Waals surface area contributed by atoms with E-state index in [1.54, 1.807) is 25.3 Å². The van der Waals surface area contributed by atoms with Crippen LogP contribution in [0.3, 0.4) is 0 Å². The van der Waals surface area contributed by atoms with E-state index in [1.807, 2.05) is 35.9 Å². The molecule has 1 heterocycles. The predicted octanol–water partition coefficient (Wildman–Crippen LogP) is 4.95. The van der Waals surface area contributed by atoms with E-state index in [9.17, 15) is 4.79 Å². The van der Waals surface area contributed by atoms with Gasteiger partial charge in [0.25, 0.3) is 5.91 Å². The third kappa shape index (κ3) is 4.62. The minimum atomic E-state index is -0.296. The maximum atomic E-state index is 12.7. The molecule has 0 radical (unpaired) electrons. The highest BCUT2D eigenvalue weighted by Gasteiger charge is 2.12. The molecule has 0 fully saturated rings. The fourth-order valence-corrected chi connectivity index (χ4v) is 3.99. The number of para-hydroxylation sites is 1. The second-order valence-corrected chi connectivity index (χ2v) is 7.61. The minimum Gasteiger partial charge on any atom is -0.493 e. The van der Waals surface area contributed by atoms with Crippen LogP contribution in [-0.2, 0) is 7.05 Å². The van der Waals surface area contributed by atoms with Gasteiger partial charge in [0.2, 0.25) is 0 Å². The van der Waals surface area contributed by atoms with Crippen LogP contribution in [0.25, 0.3) is 10.2 Å². The fourth-order valence-electron chi connectivity index (χ4n) is 2.97. The smallest absolute Gasteiger partial charge is 0.279 e. The van der Waals surface area contributed by atoms with Gasteiger partial charge in [-0.15, -0.1) is 0 Å². The lowest BCUT2D eigenvalue weighted by atomic mass is 10.2. The third-order valence-corrected chi connectivity index (χ3v) is 5.69. The van der Waals surface area contributed by atoms with Gasteiger partial charge in [-0.25, -0.2) is 0 Å². The molecule has 0 spiro atoms. The molecule has 0 unspecified atom stereocenters. The number of carbonyl (C=O) groups excluding carboxylic acids is 1. The molecule has 3 aromatic rings. The van der Waals surface area contributed by atoms with Crippen LogP contribution in [0.1, 0.15) is 43.0 Å². The van der Waals surface area contributed by atoms with E-state index < -0.39 is 0 Å². The molecule has 1 amide bonds. The Morgan fingerprint density at radius 1 is 1.11 bits per heavy atom. The monoisotopic (exact) mass is 398 g/mol. The van der Waals surface area contributed by atoms with E-state index in [0.717, 1.165) is 23.1 Å². The van der Waals surface area contributed by atoms with Gasteiger partial charge < -0.3 is 14.0 Å². The van der Waals surface area contributed by atoms with Crippen molar-refractivity contribution in [3.05, 3.63) is 52.8 Å². The SMILES string of the molecule is CCCCCCOc1ccc(C(=O)N=c2sc3ccccc3n2C)cc1OC. The molecule has 0 aliphatic rings. The first-order valence-corrected chi connectivity index (χ1v) is 10.4. The molecule has 0 saturated carbocycles. The number of carbonyl (C=O) groups is 1. The number of hydrogen-bond donors (Lipinski definition) is 0. The van der Waals surface area contributed by atoms with Crippen molar-refractivity contribution in [2.24, 2.45) is 12.0 Å². The summed E-state index contributed by atoms with van der Waals surface area (Å²) >= 11 is 1.50. The van der Waals surface area contributed by atoms with E-state index >= 15 is 0 Å². The van der Waals surface area contributed by atoms with E-state index in [-0.39, 0.29) is 5.91 Å². The number of fused-ring (bicyclic) bond motifs is 1. The van der Waals surface area contributed by atoms with Crippen molar-refractivity contribution in [1.29, 1.82) is 0 Å². The van der Waals surface area contributed by atoms with Crippen molar-refractivity contribution in [3.63, 3.8) is 0 Å². The number of nitrogens with zero attached hydrogens (tertiary/aromatic N) is 2. The molecule has 5 nitrogen and oxygen atoms in total. The summed E-state index contributed by atoms with van der Waals surface area (Å²) in [5.41, 5.74) is 1.54. The van der Waals surface area contributed by atoms with Crippen LogP contribution in [0.15, 0.2) is 47.5 Å². The maximum Gasteiger partial charge on any atom is 0.279 e. The molecule has 0 atom stereocenters. The largest absolute Gasteiger partial charge is 0.493 e. The first-order valence-electron chi connectivity index (χ1n) is 9.58. The average Bonchev–Trinajstić information content (AvgIpc) is 3.03. The topological polar surface area (TPSA) is 52.8 Å². The maximum absolute atomic E-state index is 12.7. The lowest BCUT2D eigenvalue weighted by molar-refractivity contribution is 0.0997. The number of methoxy groups -OCH3 is 1. The van der Waals surface area contributed by atoms with E-state index in [0.29, 0.717) is 28.5 Å². The number of aromatic nitrogens is 1. The van der Waals surface area contributed by atoms with Crippen molar-refractivity contribution >= 4 is 27.5 Å². The number of unbranched alkanes of at least 4 members (excludes halogenated alkanes) is 3. The number of rotatable bonds is 8. The van der Waals surface area contributed by atoms with Gasteiger partial charge in [-0.1, -0.05) is 49.7 Å². The number of benzene rings is 2. The van der Waals surface area contributed by atoms with Gasteiger partial charge >= 0.3 is 0 Å². The lowest BCUT2D eigenvalue weighted by Crippen LogP contribution is -2.13. The van der Waals surface area contributed by atoms with Crippen LogP contribution in [0.4, 0.5) is 0 Å². The van der Waals surface area contributed by atoms with Crippen molar-refractivity contribution in [2.45, 2.75) is 32.6 Å². The zero-order valence-electron chi connectivity index (χ0n) is 16.6. The van der Waals surface area contributed by atoms with Crippen LogP contribution in [-0.4, -0.2) is 24.2 Å². The summed E-state index contributed by atoms with van der Waals surface area (Å²) < 4.78 is 14.3. The highest BCUT2D eigenvalue weighted by Crippen LogP contribution is 2.28. The summed E-state index contributed by atoms with van der Waals surface area (Å²) in [4.78, 5) is 17.7. The van der Waals surface area contributed by atoms with Crippen molar-refractivity contribution in [1.82, 2.24) is 4.57 Å². The Kier molecular flexibility index (Phi) is 6.87. The van der Waals surface area contributed by atoms with Crippen LogP contribution in [0, 0.1) is 0 Å². The average molecular weight is 399 g/mol. The molecule has 0 aliphatic heterocycles. The third-order valence-electron chi connectivity index (χ3n) is 4.58. The summed E-state index contributed by atoms with van der Waals surface area (Å²) in [5.74, 6) is 0.912. The zero-order valence-corrected chi connectivity index (χ0v) is 17.4. The molecule has 3 rings (SSSR count). The van der Waals surface area contributed by atoms with Gasteiger partial charge in [0.05, 0.1) is 23.9 Å². The predicted molar refractivity (Wildman–Crippen MR) is 113 cm³/mol. The van der Waals surface area contributed by atoms with E-state index in [2.05, 4.69) is 11.9 Å². The Morgan fingerprint density at radius 2 is 1.93 bits per heavy atom. The molecule has 6 heteroatoms. The number of aryl methyl sites for hydroxylation is 1. The normalized spacial score (nSPS) is 11.8. The van der Waals surface area contributed by atoms with Crippen LogP contribution in [0.5, 0.6) is 11.5 Å². The van der Waals surface area contributed by atoms with Crippen molar-refractivity contribution in [2.75, 3.05) is 13.7 Å². The molecule has 0 bridgehead atoms. The minimum absolute atomic E-state index is 0.296. The first kappa shape index (κ1) is 20.1. The van der Waals surface area contributed by atoms with Gasteiger partial charge in [-0.3, -0.25) is 4.79 Å². The van der Waals surface area contributed by atoms with Crippen molar-refractivity contribution < 1.29 is 14.3 Å². The summed E-state index contributed by atoms with van der Waals surface area (Å²) in [6, 6.07) is 13.2. The number of ether oxygens (including phenoxy) is 2. The van der Waals surface area contributed by atoms with Crippen LogP contribution in [0.2, 0.25) is 0 Å². The molecular weight excluding hydrogens is 372 g/mol. The molecule has 28 heavy (non-hydrogen) atoms. The molecule has 0 aliphatic carbocycles. The lowest BCUT2D eigenvalue weighted by Gasteiger charge is -2.11. The zero-order chi connectivity index (χ0) is 19.9. The van der Waals surface area contributed by atoms with E-state index in [4.69, 9.17) is 9.47 Å². The van der Waals surface area contributed by atoms with Crippen molar-refractivity contribution in [3.8, 4) is 11.5 Å². The van der Waals surface area contributed by atoms with Crippen LogP contribution >= 0.6 is 11.3 Å². The second kappa shape index (κ2) is 9.55. The second-order valence-electron chi connectivity index (χ2n) is 6.60. The van der Waals surface area contributed by atoms with Gasteiger partial charge in [0.1, 0.15) is 0 Å². The van der Waals surface area contributed by atoms with Crippen LogP contribution < -0.4 is 14.3 Å². The van der Waals surface area contributed by atoms with E-state index in [1.165, 1.54) is 24.2 Å². The summed E-state index contributed by atoms with van der Waals surface area (Å²) in [6.07, 6.45) is 4.57. The van der Waals surface area contributed by atoms with Gasteiger partial charge in [0, 0.05) is 12.6 Å². The van der Waals surface area contributed by atoms with Gasteiger partial charge in [-0.2, -0.15) is 4.99 Å². The standard InChI is InChI=1S/C22H26N2O3S/c1-4-5-6-9-14-27-18-13-12-16(15-19(18)26-3)21(25)23-22-24(2)17-10-7-8-11-20(17)28-22/h7-8,10-13,15H,4-6,9,14H2,1-3H3. The number of amides is 1. The number of thiazole rings is 1. The Hall–Kier alpha value is -2.60. The molecule has 2 aromatic carbocycles. The summed E-state index contributed by atoms with van der Waals surface area (Å²) in [6.45, 7) is 2.83. The quantitative estimate of drug-likeness (QED) is 0.505. The Morgan fingerprint density at radius 3 is 2.68 bits per heavy atom. The number of hydrogen-bond acceptors (Lipinski definition) is 4. The molecule has 0 saturated heterocycles. The molecular formula is C22H26N2O3S. The van der Waals surface area contributed by atoms with Gasteiger partial charge in [0.15, 0.2) is 16.3 Å². The molecule has 1 aromatic heterocycles. The first-order chi connectivity index (χ1) is 13.6. The summed E-state index contributed by atoms with van der Waals surface area (Å²) in [7, 11) is 3.50. The Bertz CT molecular complexity index is 1020. The molecule has 0 N–H and O–H groups in total. The molecule has 148 valence electrons.